The predicted molar refractivity (Wildman–Crippen MR) is 73.8 cm³/mol. The molecule has 2 heterocycles. The molecule has 4 nitrogen and oxygen atoms in total. The zero-order valence-electron chi connectivity index (χ0n) is 10.2. The summed E-state index contributed by atoms with van der Waals surface area (Å²) in [5.74, 6) is 0. The third-order valence-electron chi connectivity index (χ3n) is 2.92. The van der Waals surface area contributed by atoms with Gasteiger partial charge < -0.3 is 5.32 Å². The molecule has 1 unspecified atom stereocenters. The number of piperazine rings is 1. The van der Waals surface area contributed by atoms with Crippen molar-refractivity contribution in [1.29, 1.82) is 0 Å². The van der Waals surface area contributed by atoms with Crippen LogP contribution in [0.1, 0.15) is 12.6 Å². The molecule has 0 bridgehead atoms. The number of hydrogen-bond donors (Lipinski definition) is 1. The zero-order valence-corrected chi connectivity index (χ0v) is 11.9. The minimum atomic E-state index is 0. The normalized spacial score (nSPS) is 20.9. The lowest BCUT2D eigenvalue weighted by Gasteiger charge is -2.33. The van der Waals surface area contributed by atoms with Gasteiger partial charge in [0.25, 0.3) is 0 Å². The average molecular weight is 275 g/mol. The first kappa shape index (κ1) is 14.7. The van der Waals surface area contributed by atoms with Crippen molar-refractivity contribution in [3.63, 3.8) is 0 Å². The van der Waals surface area contributed by atoms with E-state index < -0.39 is 0 Å². The van der Waals surface area contributed by atoms with E-state index in [4.69, 9.17) is 0 Å². The van der Waals surface area contributed by atoms with Gasteiger partial charge in [0.1, 0.15) is 5.03 Å². The van der Waals surface area contributed by atoms with Crippen LogP contribution in [0.5, 0.6) is 0 Å². The molecule has 0 saturated carbocycles. The van der Waals surface area contributed by atoms with Crippen LogP contribution < -0.4 is 5.32 Å². The van der Waals surface area contributed by atoms with Crippen LogP contribution in [0.25, 0.3) is 0 Å². The molecule has 1 aromatic rings. The van der Waals surface area contributed by atoms with Crippen molar-refractivity contribution in [1.82, 2.24) is 20.2 Å². The van der Waals surface area contributed by atoms with E-state index in [1.807, 2.05) is 0 Å². The summed E-state index contributed by atoms with van der Waals surface area (Å²) in [6.45, 7) is 6.38. The monoisotopic (exact) mass is 274 g/mol. The third kappa shape index (κ3) is 3.81. The highest BCUT2D eigenvalue weighted by atomic mass is 35.5. The first-order valence-corrected chi connectivity index (χ1v) is 6.82. The second kappa shape index (κ2) is 7.16. The molecule has 1 saturated heterocycles. The van der Waals surface area contributed by atoms with Gasteiger partial charge in [0.2, 0.25) is 0 Å². The predicted octanol–water partition coefficient (Wildman–Crippen LogP) is 1.41. The number of nitrogens with zero attached hydrogens (tertiary/aromatic N) is 3. The van der Waals surface area contributed by atoms with Crippen LogP contribution in [-0.4, -0.2) is 46.8 Å². The molecule has 0 aromatic carbocycles. The molecule has 6 heteroatoms. The molecular formula is C11H19ClN4S. The second-order valence-corrected chi connectivity index (χ2v) is 4.83. The van der Waals surface area contributed by atoms with Crippen molar-refractivity contribution in [3.8, 4) is 0 Å². The molecule has 17 heavy (non-hydrogen) atoms. The lowest BCUT2D eigenvalue weighted by molar-refractivity contribution is 0.162. The van der Waals surface area contributed by atoms with E-state index in [1.165, 1.54) is 0 Å². The van der Waals surface area contributed by atoms with Crippen molar-refractivity contribution >= 4 is 24.2 Å². The summed E-state index contributed by atoms with van der Waals surface area (Å²) in [6.07, 6.45) is 5.59. The van der Waals surface area contributed by atoms with Crippen LogP contribution in [0.3, 0.4) is 0 Å². The first-order chi connectivity index (χ1) is 7.81. The number of rotatable bonds is 3. The van der Waals surface area contributed by atoms with Crippen molar-refractivity contribution in [2.24, 2.45) is 0 Å². The van der Waals surface area contributed by atoms with Crippen LogP contribution in [0.15, 0.2) is 17.4 Å². The number of nitrogens with one attached hydrogen (secondary N) is 1. The number of hydrogen-bond acceptors (Lipinski definition) is 5. The average Bonchev–Trinajstić information content (AvgIpc) is 2.33. The van der Waals surface area contributed by atoms with Gasteiger partial charge in [-0.15, -0.1) is 24.2 Å². The molecule has 2 rings (SSSR count). The Morgan fingerprint density at radius 2 is 2.24 bits per heavy atom. The molecule has 1 fully saturated rings. The van der Waals surface area contributed by atoms with Gasteiger partial charge in [-0.05, 0) is 13.2 Å². The van der Waals surface area contributed by atoms with Gasteiger partial charge >= 0.3 is 0 Å². The Morgan fingerprint density at radius 3 is 2.94 bits per heavy atom. The lowest BCUT2D eigenvalue weighted by Crippen LogP contribution is -2.49. The van der Waals surface area contributed by atoms with Gasteiger partial charge in [0.05, 0.1) is 5.69 Å². The summed E-state index contributed by atoms with van der Waals surface area (Å²) in [6, 6.07) is 0.575. The summed E-state index contributed by atoms with van der Waals surface area (Å²) in [5.41, 5.74) is 1.10. The fraction of sp³-hybridized carbons (Fsp3) is 0.636. The van der Waals surface area contributed by atoms with Crippen molar-refractivity contribution < 1.29 is 0 Å². The molecular weight excluding hydrogens is 256 g/mol. The van der Waals surface area contributed by atoms with Crippen molar-refractivity contribution in [3.05, 3.63) is 18.1 Å². The highest BCUT2D eigenvalue weighted by molar-refractivity contribution is 7.98. The maximum Gasteiger partial charge on any atom is 0.119 e. The van der Waals surface area contributed by atoms with Gasteiger partial charge in [-0.3, -0.25) is 9.88 Å². The van der Waals surface area contributed by atoms with E-state index in [9.17, 15) is 0 Å². The minimum Gasteiger partial charge on any atom is -0.314 e. The molecule has 1 atom stereocenters. The molecule has 0 radical (unpaired) electrons. The number of thioether (sulfide) groups is 1. The fourth-order valence-corrected chi connectivity index (χ4v) is 2.46. The molecule has 0 aliphatic carbocycles. The quantitative estimate of drug-likeness (QED) is 0.845. The van der Waals surface area contributed by atoms with E-state index in [0.717, 1.165) is 36.9 Å². The van der Waals surface area contributed by atoms with Crippen LogP contribution in [0.2, 0.25) is 0 Å². The minimum absolute atomic E-state index is 0. The highest BCUT2D eigenvalue weighted by Crippen LogP contribution is 2.17. The van der Waals surface area contributed by atoms with Gasteiger partial charge in [-0.2, -0.15) is 0 Å². The van der Waals surface area contributed by atoms with Crippen LogP contribution >= 0.6 is 24.2 Å². The van der Waals surface area contributed by atoms with Gasteiger partial charge in [0.15, 0.2) is 0 Å². The SMILES string of the molecule is CSc1nccnc1CN1CCNCC1C.Cl. The largest absolute Gasteiger partial charge is 0.314 e. The molecule has 1 N–H and O–H groups in total. The third-order valence-corrected chi connectivity index (χ3v) is 3.65. The lowest BCUT2D eigenvalue weighted by atomic mass is 10.2. The Labute approximate surface area is 113 Å². The Balaban J connectivity index is 0.00000144. The van der Waals surface area contributed by atoms with Crippen molar-refractivity contribution in [2.45, 2.75) is 24.5 Å². The second-order valence-electron chi connectivity index (χ2n) is 4.04. The molecule has 96 valence electrons. The smallest absolute Gasteiger partial charge is 0.119 e. The summed E-state index contributed by atoms with van der Waals surface area (Å²) in [4.78, 5) is 11.2. The topological polar surface area (TPSA) is 41.1 Å². The maximum atomic E-state index is 4.43. The van der Waals surface area contributed by atoms with Crippen LogP contribution in [0, 0.1) is 0 Å². The van der Waals surface area contributed by atoms with E-state index in [1.54, 1.807) is 24.2 Å². The number of halogens is 1. The van der Waals surface area contributed by atoms with Gasteiger partial charge in [0, 0.05) is 44.6 Å². The summed E-state index contributed by atoms with van der Waals surface area (Å²) in [5, 5.41) is 4.45. The highest BCUT2D eigenvalue weighted by Gasteiger charge is 2.19. The van der Waals surface area contributed by atoms with E-state index in [0.29, 0.717) is 6.04 Å². The summed E-state index contributed by atoms with van der Waals surface area (Å²) < 4.78 is 0. The standard InChI is InChI=1S/C11H18N4S.ClH/c1-9-7-12-5-6-15(9)8-10-11(16-2)14-4-3-13-10;/h3-4,9,12H,5-8H2,1-2H3;1H. The Kier molecular flexibility index (Phi) is 6.19. The molecule has 1 aliphatic heterocycles. The molecule has 0 spiro atoms. The molecule has 1 aliphatic rings. The van der Waals surface area contributed by atoms with E-state index in [-0.39, 0.29) is 12.4 Å². The molecule has 1 aromatic heterocycles. The van der Waals surface area contributed by atoms with Gasteiger partial charge in [-0.25, -0.2) is 4.98 Å². The van der Waals surface area contributed by atoms with Crippen LogP contribution in [0.4, 0.5) is 0 Å². The zero-order chi connectivity index (χ0) is 11.4. The van der Waals surface area contributed by atoms with E-state index >= 15 is 0 Å². The Bertz CT molecular complexity index is 350. The first-order valence-electron chi connectivity index (χ1n) is 5.60. The maximum absolute atomic E-state index is 4.43. The van der Waals surface area contributed by atoms with E-state index in [2.05, 4.69) is 33.4 Å². The fourth-order valence-electron chi connectivity index (χ4n) is 1.94. The molecule has 0 amide bonds. The Morgan fingerprint density at radius 1 is 1.47 bits per heavy atom. The van der Waals surface area contributed by atoms with Crippen LogP contribution in [-0.2, 0) is 6.54 Å². The Hall–Kier alpha value is -0.360. The summed E-state index contributed by atoms with van der Waals surface area (Å²) >= 11 is 1.67. The number of aromatic nitrogens is 2. The van der Waals surface area contributed by atoms with Gasteiger partial charge in [-0.1, -0.05) is 0 Å². The summed E-state index contributed by atoms with van der Waals surface area (Å²) in [7, 11) is 0. The van der Waals surface area contributed by atoms with Crippen molar-refractivity contribution in [2.75, 3.05) is 25.9 Å².